The van der Waals surface area contributed by atoms with Gasteiger partial charge in [-0.2, -0.15) is 5.10 Å². The standard InChI is InChI=1S/C13H14BrClFN3/c1-8-13(15)12(19(2)18-8)7-17-6-9-5-10(16)3-4-11(9)14/h3-5,17H,6-7H2,1-2H3. The van der Waals surface area contributed by atoms with Gasteiger partial charge in [0.2, 0.25) is 0 Å². The molecule has 0 atom stereocenters. The molecule has 0 aliphatic heterocycles. The second kappa shape index (κ2) is 6.03. The molecule has 0 saturated carbocycles. The van der Waals surface area contributed by atoms with Crippen LogP contribution in [0.3, 0.4) is 0 Å². The Labute approximate surface area is 124 Å². The highest BCUT2D eigenvalue weighted by Crippen LogP contribution is 2.20. The van der Waals surface area contributed by atoms with E-state index >= 15 is 0 Å². The molecule has 2 rings (SSSR count). The highest BCUT2D eigenvalue weighted by molar-refractivity contribution is 9.10. The summed E-state index contributed by atoms with van der Waals surface area (Å²) in [6.07, 6.45) is 0. The molecule has 3 nitrogen and oxygen atoms in total. The molecule has 0 bridgehead atoms. The van der Waals surface area contributed by atoms with Crippen molar-refractivity contribution in [2.45, 2.75) is 20.0 Å². The normalized spacial score (nSPS) is 11.0. The molecule has 0 aliphatic carbocycles. The van der Waals surface area contributed by atoms with Crippen molar-refractivity contribution in [3.8, 4) is 0 Å². The Balaban J connectivity index is 2.02. The van der Waals surface area contributed by atoms with Crippen molar-refractivity contribution in [2.24, 2.45) is 7.05 Å². The summed E-state index contributed by atoms with van der Waals surface area (Å²) in [7, 11) is 1.86. The van der Waals surface area contributed by atoms with Gasteiger partial charge in [-0.1, -0.05) is 27.5 Å². The second-order valence-electron chi connectivity index (χ2n) is 4.31. The third-order valence-corrected chi connectivity index (χ3v) is 4.14. The topological polar surface area (TPSA) is 29.9 Å². The monoisotopic (exact) mass is 345 g/mol. The number of hydrogen-bond donors (Lipinski definition) is 1. The zero-order valence-corrected chi connectivity index (χ0v) is 13.0. The number of aryl methyl sites for hydroxylation is 2. The number of nitrogens with zero attached hydrogens (tertiary/aromatic N) is 2. The number of hydrogen-bond acceptors (Lipinski definition) is 2. The first-order chi connectivity index (χ1) is 8.99. The minimum atomic E-state index is -0.241. The van der Waals surface area contributed by atoms with E-state index in [9.17, 15) is 4.39 Å². The van der Waals surface area contributed by atoms with Gasteiger partial charge in [0.1, 0.15) is 5.82 Å². The van der Waals surface area contributed by atoms with Gasteiger partial charge in [-0.25, -0.2) is 4.39 Å². The predicted octanol–water partition coefficient (Wildman–Crippen LogP) is 3.57. The molecule has 0 fully saturated rings. The summed E-state index contributed by atoms with van der Waals surface area (Å²) in [6.45, 7) is 3.01. The van der Waals surface area contributed by atoms with E-state index < -0.39 is 0 Å². The predicted molar refractivity (Wildman–Crippen MR) is 77.6 cm³/mol. The van der Waals surface area contributed by atoms with E-state index in [0.29, 0.717) is 18.1 Å². The molecule has 19 heavy (non-hydrogen) atoms. The van der Waals surface area contributed by atoms with Crippen LogP contribution in [0.5, 0.6) is 0 Å². The van der Waals surface area contributed by atoms with Crippen LogP contribution in [-0.4, -0.2) is 9.78 Å². The van der Waals surface area contributed by atoms with Gasteiger partial charge in [-0.15, -0.1) is 0 Å². The quantitative estimate of drug-likeness (QED) is 0.917. The van der Waals surface area contributed by atoms with Crippen molar-refractivity contribution in [2.75, 3.05) is 0 Å². The van der Waals surface area contributed by atoms with Crippen LogP contribution in [0.15, 0.2) is 22.7 Å². The van der Waals surface area contributed by atoms with Gasteiger partial charge in [0.25, 0.3) is 0 Å². The van der Waals surface area contributed by atoms with Crippen LogP contribution in [0.2, 0.25) is 5.02 Å². The van der Waals surface area contributed by atoms with Crippen LogP contribution in [0.4, 0.5) is 4.39 Å². The molecule has 1 aromatic carbocycles. The maximum atomic E-state index is 13.1. The van der Waals surface area contributed by atoms with Crippen molar-refractivity contribution in [1.29, 1.82) is 0 Å². The summed E-state index contributed by atoms with van der Waals surface area (Å²) in [6, 6.07) is 4.63. The molecule has 1 N–H and O–H groups in total. The van der Waals surface area contributed by atoms with E-state index in [1.165, 1.54) is 12.1 Å². The second-order valence-corrected chi connectivity index (χ2v) is 5.54. The summed E-state index contributed by atoms with van der Waals surface area (Å²) in [5, 5.41) is 8.16. The molecular weight excluding hydrogens is 333 g/mol. The highest BCUT2D eigenvalue weighted by Gasteiger charge is 2.10. The zero-order valence-electron chi connectivity index (χ0n) is 10.7. The van der Waals surface area contributed by atoms with E-state index in [1.807, 2.05) is 14.0 Å². The van der Waals surface area contributed by atoms with E-state index in [1.54, 1.807) is 10.7 Å². The summed E-state index contributed by atoms with van der Waals surface area (Å²) >= 11 is 9.56. The number of halogens is 3. The van der Waals surface area contributed by atoms with Crippen molar-refractivity contribution in [1.82, 2.24) is 15.1 Å². The first-order valence-electron chi connectivity index (χ1n) is 5.81. The molecule has 0 spiro atoms. The maximum Gasteiger partial charge on any atom is 0.123 e. The zero-order chi connectivity index (χ0) is 14.0. The molecule has 6 heteroatoms. The minimum absolute atomic E-state index is 0.241. The van der Waals surface area contributed by atoms with Gasteiger partial charge >= 0.3 is 0 Å². The van der Waals surface area contributed by atoms with E-state index in [2.05, 4.69) is 26.3 Å². The smallest absolute Gasteiger partial charge is 0.123 e. The first kappa shape index (κ1) is 14.5. The SMILES string of the molecule is Cc1nn(C)c(CNCc2cc(F)ccc2Br)c1Cl. The van der Waals surface area contributed by atoms with Crippen LogP contribution in [0.1, 0.15) is 17.0 Å². The van der Waals surface area contributed by atoms with Crippen LogP contribution in [-0.2, 0) is 20.1 Å². The van der Waals surface area contributed by atoms with E-state index in [-0.39, 0.29) is 5.82 Å². The Morgan fingerprint density at radius 1 is 1.42 bits per heavy atom. The number of nitrogens with one attached hydrogen (secondary N) is 1. The summed E-state index contributed by atoms with van der Waals surface area (Å²) in [4.78, 5) is 0. The Hall–Kier alpha value is -0.910. The van der Waals surface area contributed by atoms with Gasteiger partial charge in [0.15, 0.2) is 0 Å². The van der Waals surface area contributed by atoms with Gasteiger partial charge in [-0.3, -0.25) is 4.68 Å². The molecule has 2 aromatic rings. The third kappa shape index (κ3) is 3.35. The highest BCUT2D eigenvalue weighted by atomic mass is 79.9. The Bertz CT molecular complexity index is 598. The van der Waals surface area contributed by atoms with Gasteiger partial charge in [0.05, 0.1) is 16.4 Å². The lowest BCUT2D eigenvalue weighted by molar-refractivity contribution is 0.608. The van der Waals surface area contributed by atoms with E-state index in [0.717, 1.165) is 21.4 Å². The molecule has 0 aliphatic rings. The maximum absolute atomic E-state index is 13.1. The largest absolute Gasteiger partial charge is 0.307 e. The van der Waals surface area contributed by atoms with Crippen molar-refractivity contribution >= 4 is 27.5 Å². The Morgan fingerprint density at radius 3 is 2.79 bits per heavy atom. The lowest BCUT2D eigenvalue weighted by Crippen LogP contribution is -2.16. The summed E-state index contributed by atoms with van der Waals surface area (Å²) in [5.41, 5.74) is 2.61. The molecular formula is C13H14BrClFN3. The fraction of sp³-hybridized carbons (Fsp3) is 0.308. The lowest BCUT2D eigenvalue weighted by Gasteiger charge is -2.08. The van der Waals surface area contributed by atoms with Gasteiger partial charge in [-0.05, 0) is 30.7 Å². The fourth-order valence-corrected chi connectivity index (χ4v) is 2.48. The Morgan fingerprint density at radius 2 is 2.16 bits per heavy atom. The molecule has 0 saturated heterocycles. The van der Waals surface area contributed by atoms with Crippen LogP contribution in [0.25, 0.3) is 0 Å². The van der Waals surface area contributed by atoms with Crippen molar-refractivity contribution in [3.63, 3.8) is 0 Å². The summed E-state index contributed by atoms with van der Waals surface area (Å²) in [5.74, 6) is -0.241. The molecule has 0 amide bonds. The molecule has 0 unspecified atom stereocenters. The number of benzene rings is 1. The van der Waals surface area contributed by atoms with Gasteiger partial charge in [0, 0.05) is 24.6 Å². The first-order valence-corrected chi connectivity index (χ1v) is 6.98. The minimum Gasteiger partial charge on any atom is -0.307 e. The Kier molecular flexibility index (Phi) is 4.60. The lowest BCUT2D eigenvalue weighted by atomic mass is 10.2. The van der Waals surface area contributed by atoms with Crippen molar-refractivity contribution < 1.29 is 4.39 Å². The average molecular weight is 347 g/mol. The fourth-order valence-electron chi connectivity index (χ4n) is 1.87. The summed E-state index contributed by atoms with van der Waals surface area (Å²) < 4.78 is 15.8. The number of aromatic nitrogens is 2. The van der Waals surface area contributed by atoms with E-state index in [4.69, 9.17) is 11.6 Å². The van der Waals surface area contributed by atoms with Crippen LogP contribution in [0, 0.1) is 12.7 Å². The van der Waals surface area contributed by atoms with Crippen molar-refractivity contribution in [3.05, 3.63) is 50.5 Å². The van der Waals surface area contributed by atoms with Crippen LogP contribution < -0.4 is 5.32 Å². The molecule has 1 aromatic heterocycles. The molecule has 0 radical (unpaired) electrons. The molecule has 1 heterocycles. The third-order valence-electron chi connectivity index (χ3n) is 2.88. The molecule has 102 valence electrons. The number of rotatable bonds is 4. The van der Waals surface area contributed by atoms with Crippen LogP contribution >= 0.6 is 27.5 Å². The average Bonchev–Trinajstić information content (AvgIpc) is 2.60. The van der Waals surface area contributed by atoms with Gasteiger partial charge < -0.3 is 5.32 Å².